The van der Waals surface area contributed by atoms with E-state index in [2.05, 4.69) is 10.2 Å². The van der Waals surface area contributed by atoms with Crippen molar-refractivity contribution in [2.45, 2.75) is 0 Å². The summed E-state index contributed by atoms with van der Waals surface area (Å²) in [5, 5.41) is 7.14. The molecule has 0 aliphatic carbocycles. The summed E-state index contributed by atoms with van der Waals surface area (Å²) in [4.78, 5) is 11.8. The molecule has 3 rings (SSSR count). The van der Waals surface area contributed by atoms with Crippen LogP contribution in [0.25, 0.3) is 17.7 Å². The maximum absolute atomic E-state index is 11.8. The lowest BCUT2D eigenvalue weighted by Gasteiger charge is -2.05. The molecular weight excluding hydrogens is 262 g/mol. The van der Waals surface area contributed by atoms with Gasteiger partial charge in [0.1, 0.15) is 0 Å². The second-order valence-electron chi connectivity index (χ2n) is 4.60. The van der Waals surface area contributed by atoms with Crippen LogP contribution in [0.1, 0.15) is 16.7 Å². The van der Waals surface area contributed by atoms with Crippen molar-refractivity contribution in [2.24, 2.45) is 16.0 Å². The summed E-state index contributed by atoms with van der Waals surface area (Å²) < 4.78 is 0. The van der Waals surface area contributed by atoms with Crippen LogP contribution >= 0.6 is 0 Å². The minimum absolute atomic E-state index is 0.167. The maximum atomic E-state index is 11.8. The number of nitrogens with zero attached hydrogens (tertiary/aromatic N) is 2. The first-order valence-corrected chi connectivity index (χ1v) is 6.54. The van der Waals surface area contributed by atoms with Gasteiger partial charge in [0, 0.05) is 0 Å². The SMILES string of the molecule is NC1=C(c2ccccc2C=Cc2ccccc2)C(=O)N=N1. The third-order valence-corrected chi connectivity index (χ3v) is 3.20. The van der Waals surface area contributed by atoms with Crippen molar-refractivity contribution in [3.05, 3.63) is 77.1 Å². The third kappa shape index (κ3) is 2.65. The summed E-state index contributed by atoms with van der Waals surface area (Å²) in [5.74, 6) is -0.228. The molecule has 1 aliphatic rings. The second kappa shape index (κ2) is 5.54. The number of amides is 1. The average Bonchev–Trinajstić information content (AvgIpc) is 2.85. The highest BCUT2D eigenvalue weighted by atomic mass is 16.2. The number of nitrogens with two attached hydrogens (primary N) is 1. The van der Waals surface area contributed by atoms with Crippen LogP contribution in [0.5, 0.6) is 0 Å². The van der Waals surface area contributed by atoms with Gasteiger partial charge in [-0.3, -0.25) is 4.79 Å². The summed E-state index contributed by atoms with van der Waals surface area (Å²) in [6, 6.07) is 17.5. The Bertz CT molecular complexity index is 774. The van der Waals surface area contributed by atoms with E-state index in [9.17, 15) is 4.79 Å². The molecule has 1 aliphatic heterocycles. The molecule has 0 radical (unpaired) electrons. The molecule has 2 aromatic carbocycles. The predicted octanol–water partition coefficient (Wildman–Crippen LogP) is 3.48. The molecule has 0 bridgehead atoms. The highest BCUT2D eigenvalue weighted by Gasteiger charge is 2.22. The number of azo groups is 1. The van der Waals surface area contributed by atoms with Gasteiger partial charge in [-0.05, 0) is 16.7 Å². The van der Waals surface area contributed by atoms with Gasteiger partial charge in [0.15, 0.2) is 5.82 Å². The second-order valence-corrected chi connectivity index (χ2v) is 4.60. The Morgan fingerprint density at radius 3 is 2.29 bits per heavy atom. The standard InChI is InChI=1S/C17H13N3O/c18-16-15(17(21)20-19-16)14-9-5-4-8-13(14)11-10-12-6-2-1-3-7-12/h1-11H,18H2. The van der Waals surface area contributed by atoms with E-state index >= 15 is 0 Å². The quantitative estimate of drug-likeness (QED) is 0.871. The molecule has 1 amide bonds. The molecule has 102 valence electrons. The third-order valence-electron chi connectivity index (χ3n) is 3.20. The van der Waals surface area contributed by atoms with Crippen molar-refractivity contribution < 1.29 is 4.79 Å². The van der Waals surface area contributed by atoms with Gasteiger partial charge in [-0.1, -0.05) is 66.7 Å². The van der Waals surface area contributed by atoms with Gasteiger partial charge < -0.3 is 5.73 Å². The van der Waals surface area contributed by atoms with E-state index < -0.39 is 5.91 Å². The molecule has 0 saturated carbocycles. The molecule has 0 aromatic heterocycles. The molecule has 21 heavy (non-hydrogen) atoms. The van der Waals surface area contributed by atoms with Crippen LogP contribution in [0.3, 0.4) is 0 Å². The van der Waals surface area contributed by atoms with Gasteiger partial charge in [-0.15, -0.1) is 10.2 Å². The van der Waals surface area contributed by atoms with Crippen LogP contribution in [0.15, 0.2) is 70.6 Å². The fraction of sp³-hybridized carbons (Fsp3) is 0. The zero-order valence-electron chi connectivity index (χ0n) is 11.2. The molecule has 4 nitrogen and oxygen atoms in total. The molecule has 4 heteroatoms. The molecule has 0 unspecified atom stereocenters. The maximum Gasteiger partial charge on any atom is 0.299 e. The van der Waals surface area contributed by atoms with E-state index in [1.54, 1.807) is 0 Å². The van der Waals surface area contributed by atoms with E-state index in [4.69, 9.17) is 5.73 Å². The Kier molecular flexibility index (Phi) is 3.43. The topological polar surface area (TPSA) is 67.8 Å². The lowest BCUT2D eigenvalue weighted by atomic mass is 9.98. The molecule has 2 aromatic rings. The van der Waals surface area contributed by atoms with Crippen molar-refractivity contribution in [1.82, 2.24) is 0 Å². The Balaban J connectivity index is 2.00. The van der Waals surface area contributed by atoms with Crippen molar-refractivity contribution >= 4 is 23.6 Å². The van der Waals surface area contributed by atoms with E-state index in [-0.39, 0.29) is 5.82 Å². The smallest absolute Gasteiger partial charge is 0.299 e. The molecule has 0 fully saturated rings. The first kappa shape index (κ1) is 13.0. The van der Waals surface area contributed by atoms with Gasteiger partial charge >= 0.3 is 0 Å². The fourth-order valence-corrected chi connectivity index (χ4v) is 2.18. The van der Waals surface area contributed by atoms with Crippen LogP contribution in [0.2, 0.25) is 0 Å². The zero-order valence-corrected chi connectivity index (χ0v) is 11.2. The molecule has 0 spiro atoms. The van der Waals surface area contributed by atoms with E-state index in [1.807, 2.05) is 66.7 Å². The van der Waals surface area contributed by atoms with Crippen LogP contribution in [-0.2, 0) is 4.79 Å². The largest absolute Gasteiger partial charge is 0.382 e. The lowest BCUT2D eigenvalue weighted by molar-refractivity contribution is -0.112. The molecular formula is C17H13N3O. The van der Waals surface area contributed by atoms with Crippen molar-refractivity contribution in [1.29, 1.82) is 0 Å². The number of benzene rings is 2. The van der Waals surface area contributed by atoms with Gasteiger partial charge in [-0.2, -0.15) is 0 Å². The highest BCUT2D eigenvalue weighted by Crippen LogP contribution is 2.27. The number of rotatable bonds is 3. The van der Waals surface area contributed by atoms with E-state index in [0.717, 1.165) is 16.7 Å². The Morgan fingerprint density at radius 1 is 0.857 bits per heavy atom. The van der Waals surface area contributed by atoms with Gasteiger partial charge in [-0.25, -0.2) is 0 Å². The van der Waals surface area contributed by atoms with Crippen molar-refractivity contribution in [3.8, 4) is 0 Å². The monoisotopic (exact) mass is 275 g/mol. The first-order chi connectivity index (χ1) is 10.3. The van der Waals surface area contributed by atoms with Crippen molar-refractivity contribution in [3.63, 3.8) is 0 Å². The van der Waals surface area contributed by atoms with Crippen LogP contribution in [0.4, 0.5) is 0 Å². The Morgan fingerprint density at radius 2 is 1.57 bits per heavy atom. The van der Waals surface area contributed by atoms with Gasteiger partial charge in [0.05, 0.1) is 5.57 Å². The lowest BCUT2D eigenvalue weighted by Crippen LogP contribution is -2.02. The Labute approximate surface area is 122 Å². The molecule has 0 saturated heterocycles. The molecule has 0 atom stereocenters. The van der Waals surface area contributed by atoms with Crippen LogP contribution < -0.4 is 5.73 Å². The van der Waals surface area contributed by atoms with Crippen molar-refractivity contribution in [2.75, 3.05) is 0 Å². The summed E-state index contributed by atoms with van der Waals surface area (Å²) in [7, 11) is 0. The van der Waals surface area contributed by atoms with Gasteiger partial charge in [0.2, 0.25) is 0 Å². The number of hydrogen-bond acceptors (Lipinski definition) is 3. The molecule has 1 heterocycles. The molecule has 2 N–H and O–H groups in total. The number of carbonyl (C=O) groups excluding carboxylic acids is 1. The van der Waals surface area contributed by atoms with Crippen LogP contribution in [-0.4, -0.2) is 5.91 Å². The highest BCUT2D eigenvalue weighted by molar-refractivity contribution is 6.22. The normalized spacial score (nSPS) is 14.4. The Hall–Kier alpha value is -3.01. The minimum Gasteiger partial charge on any atom is -0.382 e. The summed E-state index contributed by atoms with van der Waals surface area (Å²) in [6.45, 7) is 0. The average molecular weight is 275 g/mol. The fourth-order valence-electron chi connectivity index (χ4n) is 2.18. The van der Waals surface area contributed by atoms with Gasteiger partial charge in [0.25, 0.3) is 5.91 Å². The number of carbonyl (C=O) groups is 1. The number of hydrogen-bond donors (Lipinski definition) is 1. The first-order valence-electron chi connectivity index (χ1n) is 6.54. The van der Waals surface area contributed by atoms with E-state index in [0.29, 0.717) is 5.57 Å². The summed E-state index contributed by atoms with van der Waals surface area (Å²) in [5.41, 5.74) is 8.85. The van der Waals surface area contributed by atoms with Crippen LogP contribution in [0, 0.1) is 0 Å². The predicted molar refractivity (Wildman–Crippen MR) is 82.8 cm³/mol. The summed E-state index contributed by atoms with van der Waals surface area (Å²) >= 11 is 0. The van der Waals surface area contributed by atoms with E-state index in [1.165, 1.54) is 0 Å². The summed E-state index contributed by atoms with van der Waals surface area (Å²) in [6.07, 6.45) is 3.94. The zero-order chi connectivity index (χ0) is 14.7. The minimum atomic E-state index is -0.395.